The van der Waals surface area contributed by atoms with Gasteiger partial charge in [0.2, 0.25) is 0 Å². The number of anilines is 1. The smallest absolute Gasteiger partial charge is 0.355 e. The van der Waals surface area contributed by atoms with E-state index in [2.05, 4.69) is 10.3 Å². The number of alkyl halides is 3. The molecular weight excluding hydrogens is 404 g/mol. The second-order valence-corrected chi connectivity index (χ2v) is 6.24. The predicted molar refractivity (Wildman–Crippen MR) is 97.0 cm³/mol. The van der Waals surface area contributed by atoms with Crippen molar-refractivity contribution in [2.24, 2.45) is 0 Å². The van der Waals surface area contributed by atoms with Crippen molar-refractivity contribution in [1.29, 1.82) is 0 Å². The van der Waals surface area contributed by atoms with Crippen molar-refractivity contribution in [3.63, 3.8) is 0 Å². The molecule has 1 aromatic carbocycles. The Hall–Kier alpha value is -2.46. The van der Waals surface area contributed by atoms with Crippen molar-refractivity contribution in [3.05, 3.63) is 63.6 Å². The topological polar surface area (TPSA) is 71.3 Å². The Kier molecular flexibility index (Phi) is 6.78. The Labute approximate surface area is 164 Å². The van der Waals surface area contributed by atoms with Crippen molar-refractivity contribution in [2.75, 3.05) is 18.0 Å². The fourth-order valence-corrected chi connectivity index (χ4v) is 3.03. The Balaban J connectivity index is 0.00000280. The van der Waals surface area contributed by atoms with Crippen molar-refractivity contribution in [3.8, 4) is 0 Å². The van der Waals surface area contributed by atoms with Gasteiger partial charge in [0.1, 0.15) is 17.8 Å². The molecule has 0 spiro atoms. The fraction of sp³-hybridized carbons (Fsp3) is 0.353. The molecule has 0 aliphatic carbocycles. The van der Waals surface area contributed by atoms with Gasteiger partial charge in [-0.15, -0.1) is 12.4 Å². The lowest BCUT2D eigenvalue weighted by molar-refractivity contribution is -0.385. The van der Waals surface area contributed by atoms with Crippen LogP contribution in [0.5, 0.6) is 0 Å². The van der Waals surface area contributed by atoms with E-state index < -0.39 is 22.5 Å². The van der Waals surface area contributed by atoms with Crippen LogP contribution < -0.4 is 10.2 Å². The van der Waals surface area contributed by atoms with Gasteiger partial charge in [0.15, 0.2) is 0 Å². The Morgan fingerprint density at radius 1 is 1.29 bits per heavy atom. The van der Waals surface area contributed by atoms with Crippen LogP contribution in [0.1, 0.15) is 17.5 Å². The van der Waals surface area contributed by atoms with E-state index in [1.807, 2.05) is 4.90 Å². The molecule has 2 heterocycles. The van der Waals surface area contributed by atoms with E-state index in [1.54, 1.807) is 6.07 Å². The number of hydrogen-bond acceptors (Lipinski definition) is 5. The number of pyridine rings is 1. The molecule has 152 valence electrons. The summed E-state index contributed by atoms with van der Waals surface area (Å²) in [6.45, 7) is 1.09. The van der Waals surface area contributed by atoms with Gasteiger partial charge in [-0.25, -0.2) is 9.37 Å². The van der Waals surface area contributed by atoms with Gasteiger partial charge in [-0.05, 0) is 30.2 Å². The number of aromatic nitrogens is 1. The summed E-state index contributed by atoms with van der Waals surface area (Å²) in [4.78, 5) is 16.1. The largest absolute Gasteiger partial charge is 0.416 e. The van der Waals surface area contributed by atoms with Crippen LogP contribution in [0.4, 0.5) is 29.1 Å². The van der Waals surface area contributed by atoms with Gasteiger partial charge in [0, 0.05) is 31.7 Å². The van der Waals surface area contributed by atoms with Gasteiger partial charge in [-0.2, -0.15) is 13.2 Å². The molecule has 1 unspecified atom stereocenters. The maximum Gasteiger partial charge on any atom is 0.416 e. The molecule has 1 atom stereocenters. The van der Waals surface area contributed by atoms with Crippen molar-refractivity contribution in [2.45, 2.75) is 25.2 Å². The van der Waals surface area contributed by atoms with Crippen LogP contribution in [-0.2, 0) is 12.7 Å². The summed E-state index contributed by atoms with van der Waals surface area (Å²) in [6, 6.07) is 5.47. The Bertz CT molecular complexity index is 833. The van der Waals surface area contributed by atoms with E-state index in [-0.39, 0.29) is 36.2 Å². The summed E-state index contributed by atoms with van der Waals surface area (Å²) >= 11 is 0. The highest BCUT2D eigenvalue weighted by atomic mass is 35.5. The van der Waals surface area contributed by atoms with E-state index >= 15 is 0 Å². The molecule has 1 aliphatic rings. The van der Waals surface area contributed by atoms with Crippen LogP contribution in [0.15, 0.2) is 36.5 Å². The number of rotatable bonds is 5. The molecule has 0 radical (unpaired) electrons. The molecular formula is C17H17ClF4N4O2. The van der Waals surface area contributed by atoms with E-state index in [4.69, 9.17) is 0 Å². The number of hydrogen-bond donors (Lipinski definition) is 1. The zero-order valence-corrected chi connectivity index (χ0v) is 15.3. The van der Waals surface area contributed by atoms with Gasteiger partial charge in [-0.3, -0.25) is 10.1 Å². The minimum atomic E-state index is -4.62. The minimum Gasteiger partial charge on any atom is -0.355 e. The standard InChI is InChI=1S/C17H16F4N4O2.ClH/c18-12-2-1-11(15(7-12)17(19,20)21)8-22-13-5-6-24(10-13)16-4-3-14(9-23-16)25(26)27;/h1-4,7,9,13,22H,5-6,8,10H2;1H. The van der Waals surface area contributed by atoms with Gasteiger partial charge in [0.25, 0.3) is 5.69 Å². The van der Waals surface area contributed by atoms with Crippen LogP contribution in [0, 0.1) is 15.9 Å². The second kappa shape index (κ2) is 8.70. The third kappa shape index (κ3) is 5.08. The SMILES string of the molecule is Cl.O=[N+]([O-])c1ccc(N2CCC(NCc3ccc(F)cc3C(F)(F)F)C2)nc1. The highest BCUT2D eigenvalue weighted by molar-refractivity contribution is 5.85. The monoisotopic (exact) mass is 420 g/mol. The van der Waals surface area contributed by atoms with E-state index in [0.29, 0.717) is 31.4 Å². The molecule has 1 N–H and O–H groups in total. The summed E-state index contributed by atoms with van der Waals surface area (Å²) in [5, 5.41) is 13.7. The maximum absolute atomic E-state index is 13.2. The normalized spacial score (nSPS) is 16.7. The van der Waals surface area contributed by atoms with Crippen LogP contribution in [0.2, 0.25) is 0 Å². The first-order valence-electron chi connectivity index (χ1n) is 8.18. The molecule has 0 saturated carbocycles. The molecule has 2 aromatic rings. The Morgan fingerprint density at radius 3 is 2.64 bits per heavy atom. The first kappa shape index (κ1) is 21.8. The van der Waals surface area contributed by atoms with Crippen LogP contribution in [0.25, 0.3) is 0 Å². The summed E-state index contributed by atoms with van der Waals surface area (Å²) < 4.78 is 52.3. The third-order valence-electron chi connectivity index (χ3n) is 4.41. The van der Waals surface area contributed by atoms with E-state index in [0.717, 1.165) is 12.1 Å². The zero-order valence-electron chi connectivity index (χ0n) is 14.4. The number of halogens is 5. The molecule has 1 fully saturated rings. The molecule has 6 nitrogen and oxygen atoms in total. The molecule has 0 amide bonds. The van der Waals surface area contributed by atoms with Crippen LogP contribution in [-0.4, -0.2) is 29.0 Å². The maximum atomic E-state index is 13.2. The Morgan fingerprint density at radius 2 is 2.04 bits per heavy atom. The molecule has 1 aromatic heterocycles. The zero-order chi connectivity index (χ0) is 19.6. The molecule has 1 aliphatic heterocycles. The van der Waals surface area contributed by atoms with Gasteiger partial charge < -0.3 is 10.2 Å². The molecule has 11 heteroatoms. The van der Waals surface area contributed by atoms with Crippen molar-refractivity contribution in [1.82, 2.24) is 10.3 Å². The highest BCUT2D eigenvalue weighted by Gasteiger charge is 2.34. The summed E-state index contributed by atoms with van der Waals surface area (Å²) in [5.41, 5.74) is -1.11. The first-order chi connectivity index (χ1) is 12.7. The number of nitrogens with zero attached hydrogens (tertiary/aromatic N) is 3. The lowest BCUT2D eigenvalue weighted by atomic mass is 10.1. The average Bonchev–Trinajstić information content (AvgIpc) is 3.09. The predicted octanol–water partition coefficient (Wildman–Crippen LogP) is 3.94. The molecule has 0 bridgehead atoms. The number of nitro groups is 1. The second-order valence-electron chi connectivity index (χ2n) is 6.24. The number of nitrogens with one attached hydrogen (secondary N) is 1. The van der Waals surface area contributed by atoms with Crippen molar-refractivity contribution >= 4 is 23.9 Å². The van der Waals surface area contributed by atoms with Gasteiger partial charge in [-0.1, -0.05) is 6.07 Å². The summed E-state index contributed by atoms with van der Waals surface area (Å²) in [7, 11) is 0. The number of benzene rings is 1. The third-order valence-corrected chi connectivity index (χ3v) is 4.41. The molecule has 28 heavy (non-hydrogen) atoms. The van der Waals surface area contributed by atoms with Gasteiger partial charge >= 0.3 is 6.18 Å². The van der Waals surface area contributed by atoms with E-state index in [1.165, 1.54) is 12.3 Å². The van der Waals surface area contributed by atoms with Crippen LogP contribution >= 0.6 is 12.4 Å². The minimum absolute atomic E-state index is 0. The molecule has 3 rings (SSSR count). The van der Waals surface area contributed by atoms with Crippen molar-refractivity contribution < 1.29 is 22.5 Å². The van der Waals surface area contributed by atoms with Crippen LogP contribution in [0.3, 0.4) is 0 Å². The first-order valence-corrected chi connectivity index (χ1v) is 8.18. The summed E-state index contributed by atoms with van der Waals surface area (Å²) in [6.07, 6.45) is -2.77. The molecule has 1 saturated heterocycles. The average molecular weight is 421 g/mol. The highest BCUT2D eigenvalue weighted by Crippen LogP contribution is 2.32. The van der Waals surface area contributed by atoms with Gasteiger partial charge in [0.05, 0.1) is 10.5 Å². The summed E-state index contributed by atoms with van der Waals surface area (Å²) in [5.74, 6) is -0.356. The fourth-order valence-electron chi connectivity index (χ4n) is 3.03. The quantitative estimate of drug-likeness (QED) is 0.450. The lowest BCUT2D eigenvalue weighted by Crippen LogP contribution is -2.33. The van der Waals surface area contributed by atoms with E-state index in [9.17, 15) is 27.7 Å². The lowest BCUT2D eigenvalue weighted by Gasteiger charge is -2.19.